The van der Waals surface area contributed by atoms with Crippen LogP contribution in [-0.2, 0) is 9.09 Å². The van der Waals surface area contributed by atoms with Crippen molar-refractivity contribution in [2.24, 2.45) is 0 Å². The maximum atomic E-state index is 13.0. The van der Waals surface area contributed by atoms with Crippen LogP contribution in [0.3, 0.4) is 0 Å². The standard InChI is InChI=1S/C18H15O7P/c1-23-13-5-3-4-11-15(13)18(20)16-12(17(11)19)8-10(9-14(16)24-2)6-7-25-26(21)22/h3-9,26H,1-2H3,(H,21,22). The number of rotatable bonds is 5. The second-order valence-electron chi connectivity index (χ2n) is 5.37. The van der Waals surface area contributed by atoms with Gasteiger partial charge in [0.05, 0.1) is 31.6 Å². The molecular formula is C18H15O7P. The highest BCUT2D eigenvalue weighted by Crippen LogP contribution is 2.38. The molecule has 134 valence electrons. The third kappa shape index (κ3) is 3.03. The molecule has 8 heteroatoms. The van der Waals surface area contributed by atoms with Crippen LogP contribution in [0, 0.1) is 0 Å². The van der Waals surface area contributed by atoms with E-state index in [9.17, 15) is 14.2 Å². The molecule has 0 saturated heterocycles. The second-order valence-corrected chi connectivity index (χ2v) is 6.14. The molecule has 3 rings (SSSR count). The Morgan fingerprint density at radius 2 is 1.65 bits per heavy atom. The quantitative estimate of drug-likeness (QED) is 0.541. The molecule has 7 nitrogen and oxygen atoms in total. The van der Waals surface area contributed by atoms with Gasteiger partial charge in [-0.15, -0.1) is 0 Å². The van der Waals surface area contributed by atoms with Crippen LogP contribution >= 0.6 is 8.25 Å². The molecular weight excluding hydrogens is 359 g/mol. The molecule has 1 unspecified atom stereocenters. The number of hydrogen-bond donors (Lipinski definition) is 1. The zero-order valence-electron chi connectivity index (χ0n) is 13.9. The normalized spacial score (nSPS) is 14.0. The molecule has 1 aliphatic rings. The van der Waals surface area contributed by atoms with E-state index in [0.29, 0.717) is 11.3 Å². The summed E-state index contributed by atoms with van der Waals surface area (Å²) in [6.07, 6.45) is 2.45. The van der Waals surface area contributed by atoms with E-state index >= 15 is 0 Å². The summed E-state index contributed by atoms with van der Waals surface area (Å²) in [6.45, 7) is 0. The van der Waals surface area contributed by atoms with Crippen molar-refractivity contribution in [1.29, 1.82) is 0 Å². The van der Waals surface area contributed by atoms with Gasteiger partial charge in [0.1, 0.15) is 11.5 Å². The van der Waals surface area contributed by atoms with Crippen molar-refractivity contribution >= 4 is 25.9 Å². The fourth-order valence-electron chi connectivity index (χ4n) is 2.87. The molecule has 0 aliphatic heterocycles. The molecule has 1 N–H and O–H groups in total. The van der Waals surface area contributed by atoms with Gasteiger partial charge in [0.15, 0.2) is 5.78 Å². The number of ether oxygens (including phenoxy) is 2. The van der Waals surface area contributed by atoms with Crippen molar-refractivity contribution in [3.63, 3.8) is 0 Å². The molecule has 0 amide bonds. The van der Waals surface area contributed by atoms with Crippen molar-refractivity contribution in [1.82, 2.24) is 0 Å². The number of fused-ring (bicyclic) bond motifs is 2. The Morgan fingerprint density at radius 3 is 2.31 bits per heavy atom. The molecule has 0 aromatic heterocycles. The predicted octanol–water partition coefficient (Wildman–Crippen LogP) is 2.85. The molecule has 1 aliphatic carbocycles. The lowest BCUT2D eigenvalue weighted by Gasteiger charge is -2.21. The Morgan fingerprint density at radius 1 is 0.962 bits per heavy atom. The van der Waals surface area contributed by atoms with Crippen LogP contribution in [0.4, 0.5) is 0 Å². The fourth-order valence-corrected chi connectivity index (χ4v) is 3.06. The zero-order chi connectivity index (χ0) is 18.8. The van der Waals surface area contributed by atoms with Crippen molar-refractivity contribution in [3.8, 4) is 11.5 Å². The molecule has 0 fully saturated rings. The van der Waals surface area contributed by atoms with Crippen molar-refractivity contribution < 1.29 is 33.0 Å². The highest BCUT2D eigenvalue weighted by Gasteiger charge is 2.34. The predicted molar refractivity (Wildman–Crippen MR) is 94.2 cm³/mol. The minimum Gasteiger partial charge on any atom is -0.496 e. The van der Waals surface area contributed by atoms with Crippen LogP contribution in [0.25, 0.3) is 6.08 Å². The van der Waals surface area contributed by atoms with Crippen molar-refractivity contribution in [2.45, 2.75) is 0 Å². The van der Waals surface area contributed by atoms with Gasteiger partial charge in [-0.05, 0) is 29.8 Å². The third-order valence-electron chi connectivity index (χ3n) is 3.96. The summed E-state index contributed by atoms with van der Waals surface area (Å²) in [4.78, 5) is 34.6. The number of ketones is 2. The molecule has 0 radical (unpaired) electrons. The van der Waals surface area contributed by atoms with Gasteiger partial charge in [-0.2, -0.15) is 0 Å². The van der Waals surface area contributed by atoms with Crippen molar-refractivity contribution in [2.75, 3.05) is 14.2 Å². The van der Waals surface area contributed by atoms with E-state index < -0.39 is 8.25 Å². The van der Waals surface area contributed by atoms with E-state index in [2.05, 4.69) is 4.52 Å². The molecule has 2 aromatic carbocycles. The van der Waals surface area contributed by atoms with E-state index in [1.807, 2.05) is 0 Å². The summed E-state index contributed by atoms with van der Waals surface area (Å²) in [5.74, 6) is -0.164. The van der Waals surface area contributed by atoms with E-state index in [0.717, 1.165) is 6.26 Å². The van der Waals surface area contributed by atoms with Crippen molar-refractivity contribution in [3.05, 3.63) is 64.4 Å². The molecule has 2 aromatic rings. The lowest BCUT2D eigenvalue weighted by atomic mass is 9.82. The highest BCUT2D eigenvalue weighted by molar-refractivity contribution is 7.32. The Labute approximate surface area is 149 Å². The van der Waals surface area contributed by atoms with E-state index in [-0.39, 0.29) is 39.6 Å². The monoisotopic (exact) mass is 374 g/mol. The zero-order valence-corrected chi connectivity index (χ0v) is 14.9. The summed E-state index contributed by atoms with van der Waals surface area (Å²) < 4.78 is 25.6. The van der Waals surface area contributed by atoms with Crippen LogP contribution in [0.5, 0.6) is 11.5 Å². The number of hydrogen-bond acceptors (Lipinski definition) is 6. The minimum absolute atomic E-state index is 0.156. The summed E-state index contributed by atoms with van der Waals surface area (Å²) in [7, 11) is -0.284. The SMILES string of the molecule is COc1cccc2c1C(=O)c1c(OC)cc(C=CO[PH](=O)O)cc1C2=O. The van der Waals surface area contributed by atoms with Crippen LogP contribution in [0.1, 0.15) is 37.4 Å². The van der Waals surface area contributed by atoms with E-state index in [1.165, 1.54) is 26.4 Å². The lowest BCUT2D eigenvalue weighted by Crippen LogP contribution is -2.22. The Hall–Kier alpha value is -2.89. The van der Waals surface area contributed by atoms with Gasteiger partial charge in [-0.3, -0.25) is 9.59 Å². The fraction of sp³-hybridized carbons (Fsp3) is 0.111. The Kier molecular flexibility index (Phi) is 4.93. The Balaban J connectivity index is 2.17. The summed E-state index contributed by atoms with van der Waals surface area (Å²) in [5.41, 5.74) is 1.28. The number of benzene rings is 2. The molecule has 0 bridgehead atoms. The second kappa shape index (κ2) is 7.15. The van der Waals surface area contributed by atoms with Crippen LogP contribution in [0.2, 0.25) is 0 Å². The highest BCUT2D eigenvalue weighted by atomic mass is 31.1. The average molecular weight is 374 g/mol. The largest absolute Gasteiger partial charge is 0.496 e. The number of methoxy groups -OCH3 is 2. The van der Waals surface area contributed by atoms with E-state index in [4.69, 9.17) is 14.4 Å². The first-order valence-corrected chi connectivity index (χ1v) is 8.78. The summed E-state index contributed by atoms with van der Waals surface area (Å²) >= 11 is 0. The Bertz CT molecular complexity index is 962. The first-order chi connectivity index (χ1) is 12.5. The van der Waals surface area contributed by atoms with Crippen LogP contribution < -0.4 is 9.47 Å². The molecule has 0 saturated carbocycles. The number of carbonyl (C=O) groups is 2. The molecule has 1 atom stereocenters. The topological polar surface area (TPSA) is 99.1 Å². The smallest absolute Gasteiger partial charge is 0.364 e. The first-order valence-electron chi connectivity index (χ1n) is 7.52. The van der Waals surface area contributed by atoms with Gasteiger partial charge in [-0.25, -0.2) is 4.57 Å². The lowest BCUT2D eigenvalue weighted by molar-refractivity contribution is 0.0974. The van der Waals surface area contributed by atoms with Gasteiger partial charge in [-0.1, -0.05) is 12.1 Å². The van der Waals surface area contributed by atoms with Gasteiger partial charge in [0.2, 0.25) is 5.78 Å². The maximum Gasteiger partial charge on any atom is 0.364 e. The van der Waals surface area contributed by atoms with Gasteiger partial charge in [0.25, 0.3) is 0 Å². The van der Waals surface area contributed by atoms with Gasteiger partial charge < -0.3 is 18.9 Å². The van der Waals surface area contributed by atoms with Crippen LogP contribution in [-0.4, -0.2) is 30.7 Å². The van der Waals surface area contributed by atoms with E-state index in [1.54, 1.807) is 24.3 Å². The maximum absolute atomic E-state index is 13.0. The molecule has 0 heterocycles. The molecule has 26 heavy (non-hydrogen) atoms. The summed E-state index contributed by atoms with van der Waals surface area (Å²) in [6, 6.07) is 7.87. The van der Waals surface area contributed by atoms with Gasteiger partial charge in [0, 0.05) is 11.1 Å². The van der Waals surface area contributed by atoms with Gasteiger partial charge >= 0.3 is 8.25 Å². The average Bonchev–Trinajstić information content (AvgIpc) is 2.64. The minimum atomic E-state index is -3.11. The summed E-state index contributed by atoms with van der Waals surface area (Å²) in [5, 5.41) is 0. The first kappa shape index (κ1) is 17.9. The van der Waals surface area contributed by atoms with Crippen LogP contribution in [0.15, 0.2) is 36.6 Å². The molecule has 0 spiro atoms. The number of carbonyl (C=O) groups excluding carboxylic acids is 2. The third-order valence-corrected chi connectivity index (χ3v) is 4.30.